The van der Waals surface area contributed by atoms with E-state index in [2.05, 4.69) is 10.1 Å². The van der Waals surface area contributed by atoms with Gasteiger partial charge in [0.2, 0.25) is 0 Å². The Labute approximate surface area is 82.4 Å². The molecule has 4 nitrogen and oxygen atoms in total. The topological polar surface area (TPSA) is 56.7 Å². The minimum Gasteiger partial charge on any atom is -0.397 e. The maximum atomic E-state index is 5.62. The van der Waals surface area contributed by atoms with E-state index in [0.717, 1.165) is 17.0 Å². The number of pyridine rings is 1. The average Bonchev–Trinajstić information content (AvgIpc) is 2.51. The summed E-state index contributed by atoms with van der Waals surface area (Å²) < 4.78 is 1.76. The monoisotopic (exact) mass is 188 g/mol. The molecule has 0 aromatic carbocycles. The normalized spacial score (nSPS) is 10.4. The summed E-state index contributed by atoms with van der Waals surface area (Å²) in [5.74, 6) is 0. The van der Waals surface area contributed by atoms with Gasteiger partial charge < -0.3 is 5.73 Å². The molecular formula is C10H12N4. The maximum absolute atomic E-state index is 5.62. The van der Waals surface area contributed by atoms with Crippen molar-refractivity contribution < 1.29 is 0 Å². The number of nitrogens with zero attached hydrogens (tertiary/aromatic N) is 3. The smallest absolute Gasteiger partial charge is 0.111 e. The zero-order valence-corrected chi connectivity index (χ0v) is 8.23. The first-order valence-corrected chi connectivity index (χ1v) is 4.39. The molecule has 0 unspecified atom stereocenters. The fourth-order valence-electron chi connectivity index (χ4n) is 1.41. The Bertz CT molecular complexity index is 459. The van der Waals surface area contributed by atoms with E-state index in [1.807, 2.05) is 32.3 Å². The molecule has 2 aromatic heterocycles. The van der Waals surface area contributed by atoms with Gasteiger partial charge in [-0.05, 0) is 24.6 Å². The number of aryl methyl sites for hydroxylation is 2. The molecule has 0 atom stereocenters. The molecule has 0 aliphatic heterocycles. The van der Waals surface area contributed by atoms with Crippen LogP contribution in [0.1, 0.15) is 5.56 Å². The number of nitrogen functional groups attached to an aromatic ring is 1. The molecule has 0 spiro atoms. The second-order valence-electron chi connectivity index (χ2n) is 3.31. The molecule has 0 aliphatic rings. The van der Waals surface area contributed by atoms with Gasteiger partial charge >= 0.3 is 0 Å². The van der Waals surface area contributed by atoms with Gasteiger partial charge in [0, 0.05) is 13.2 Å². The van der Waals surface area contributed by atoms with E-state index in [0.29, 0.717) is 5.69 Å². The van der Waals surface area contributed by atoms with Crippen molar-refractivity contribution in [3.63, 3.8) is 0 Å². The molecular weight excluding hydrogens is 176 g/mol. The number of hydrogen-bond acceptors (Lipinski definition) is 3. The van der Waals surface area contributed by atoms with E-state index in [-0.39, 0.29) is 0 Å². The molecule has 2 rings (SSSR count). The van der Waals surface area contributed by atoms with Crippen molar-refractivity contribution in [2.24, 2.45) is 7.05 Å². The van der Waals surface area contributed by atoms with Gasteiger partial charge in [-0.3, -0.25) is 9.67 Å². The van der Waals surface area contributed by atoms with Crippen LogP contribution in [0.5, 0.6) is 0 Å². The molecule has 2 aromatic rings. The number of rotatable bonds is 1. The lowest BCUT2D eigenvalue weighted by atomic mass is 10.1. The molecule has 72 valence electrons. The highest BCUT2D eigenvalue weighted by Crippen LogP contribution is 2.19. The van der Waals surface area contributed by atoms with Crippen LogP contribution in [0.25, 0.3) is 11.4 Å². The maximum Gasteiger partial charge on any atom is 0.111 e. The van der Waals surface area contributed by atoms with Crippen LogP contribution in [-0.2, 0) is 7.05 Å². The Balaban J connectivity index is 2.52. The van der Waals surface area contributed by atoms with Crippen molar-refractivity contribution >= 4 is 5.69 Å². The third-order valence-electron chi connectivity index (χ3n) is 2.06. The molecule has 0 saturated heterocycles. The summed E-state index contributed by atoms with van der Waals surface area (Å²) in [6.45, 7) is 1.98. The molecule has 0 amide bonds. The summed E-state index contributed by atoms with van der Waals surface area (Å²) >= 11 is 0. The molecule has 4 heteroatoms. The van der Waals surface area contributed by atoms with Crippen LogP contribution < -0.4 is 5.73 Å². The highest BCUT2D eigenvalue weighted by Gasteiger charge is 2.05. The van der Waals surface area contributed by atoms with Gasteiger partial charge in [-0.25, -0.2) is 0 Å². The summed E-state index contributed by atoms with van der Waals surface area (Å²) in [6, 6.07) is 3.84. The number of anilines is 1. The van der Waals surface area contributed by atoms with Gasteiger partial charge in [-0.1, -0.05) is 0 Å². The molecule has 2 N–H and O–H groups in total. The van der Waals surface area contributed by atoms with Crippen molar-refractivity contribution in [1.82, 2.24) is 14.8 Å². The molecule has 2 heterocycles. The largest absolute Gasteiger partial charge is 0.397 e. The first kappa shape index (κ1) is 8.74. The van der Waals surface area contributed by atoms with Crippen molar-refractivity contribution in [3.8, 4) is 11.4 Å². The molecule has 0 bridgehead atoms. The summed E-state index contributed by atoms with van der Waals surface area (Å²) in [4.78, 5) is 4.26. The Morgan fingerprint density at radius 3 is 2.79 bits per heavy atom. The minimum absolute atomic E-state index is 0.683. The molecule has 0 aliphatic carbocycles. The van der Waals surface area contributed by atoms with E-state index in [1.54, 1.807) is 10.9 Å². The number of nitrogens with two attached hydrogens (primary N) is 1. The second kappa shape index (κ2) is 3.14. The predicted octanol–water partition coefficient (Wildman–Crippen LogP) is 1.37. The molecule has 0 radical (unpaired) electrons. The predicted molar refractivity (Wildman–Crippen MR) is 55.6 cm³/mol. The van der Waals surface area contributed by atoms with E-state index in [9.17, 15) is 0 Å². The molecule has 14 heavy (non-hydrogen) atoms. The standard InChI is InChI=1S/C10H12N4/c1-7-5-8(11)6-12-10(7)9-3-4-14(2)13-9/h3-6H,11H2,1-2H3. The Morgan fingerprint density at radius 2 is 2.21 bits per heavy atom. The Morgan fingerprint density at radius 1 is 1.43 bits per heavy atom. The third-order valence-corrected chi connectivity index (χ3v) is 2.06. The van der Waals surface area contributed by atoms with Crippen LogP contribution in [-0.4, -0.2) is 14.8 Å². The van der Waals surface area contributed by atoms with Crippen LogP contribution >= 0.6 is 0 Å². The van der Waals surface area contributed by atoms with Crippen molar-refractivity contribution in [2.75, 3.05) is 5.73 Å². The van der Waals surface area contributed by atoms with Gasteiger partial charge in [0.25, 0.3) is 0 Å². The SMILES string of the molecule is Cc1cc(N)cnc1-c1ccn(C)n1. The number of hydrogen-bond donors (Lipinski definition) is 1. The summed E-state index contributed by atoms with van der Waals surface area (Å²) in [5, 5.41) is 4.28. The van der Waals surface area contributed by atoms with Gasteiger partial charge in [-0.15, -0.1) is 0 Å². The summed E-state index contributed by atoms with van der Waals surface area (Å²) in [6.07, 6.45) is 3.55. The fraction of sp³-hybridized carbons (Fsp3) is 0.200. The lowest BCUT2D eigenvalue weighted by molar-refractivity contribution is 0.769. The lowest BCUT2D eigenvalue weighted by Crippen LogP contribution is -1.94. The van der Waals surface area contributed by atoms with Crippen LogP contribution in [0.15, 0.2) is 24.5 Å². The Kier molecular flexibility index (Phi) is 1.96. The van der Waals surface area contributed by atoms with Crippen LogP contribution in [0.4, 0.5) is 5.69 Å². The second-order valence-corrected chi connectivity index (χ2v) is 3.31. The average molecular weight is 188 g/mol. The zero-order chi connectivity index (χ0) is 10.1. The highest BCUT2D eigenvalue weighted by atomic mass is 15.2. The molecule has 0 saturated carbocycles. The minimum atomic E-state index is 0.683. The van der Waals surface area contributed by atoms with E-state index in [1.165, 1.54) is 0 Å². The van der Waals surface area contributed by atoms with Gasteiger partial charge in [-0.2, -0.15) is 5.10 Å². The van der Waals surface area contributed by atoms with E-state index in [4.69, 9.17) is 5.73 Å². The van der Waals surface area contributed by atoms with E-state index < -0.39 is 0 Å². The zero-order valence-electron chi connectivity index (χ0n) is 8.23. The van der Waals surface area contributed by atoms with Crippen LogP contribution in [0, 0.1) is 6.92 Å². The van der Waals surface area contributed by atoms with Crippen molar-refractivity contribution in [3.05, 3.63) is 30.1 Å². The quantitative estimate of drug-likeness (QED) is 0.735. The highest BCUT2D eigenvalue weighted by molar-refractivity contribution is 5.60. The fourth-order valence-corrected chi connectivity index (χ4v) is 1.41. The van der Waals surface area contributed by atoms with Crippen molar-refractivity contribution in [2.45, 2.75) is 6.92 Å². The van der Waals surface area contributed by atoms with Gasteiger partial charge in [0.15, 0.2) is 0 Å². The summed E-state index contributed by atoms with van der Waals surface area (Å²) in [5.41, 5.74) is 9.12. The van der Waals surface area contributed by atoms with Crippen molar-refractivity contribution in [1.29, 1.82) is 0 Å². The number of aromatic nitrogens is 3. The Hall–Kier alpha value is -1.84. The summed E-state index contributed by atoms with van der Waals surface area (Å²) in [7, 11) is 1.89. The molecule has 0 fully saturated rings. The third kappa shape index (κ3) is 1.46. The first-order valence-electron chi connectivity index (χ1n) is 4.39. The van der Waals surface area contributed by atoms with E-state index >= 15 is 0 Å². The van der Waals surface area contributed by atoms with Crippen LogP contribution in [0.2, 0.25) is 0 Å². The van der Waals surface area contributed by atoms with Crippen LogP contribution in [0.3, 0.4) is 0 Å². The lowest BCUT2D eigenvalue weighted by Gasteiger charge is -2.01. The van der Waals surface area contributed by atoms with Gasteiger partial charge in [0.1, 0.15) is 5.69 Å². The van der Waals surface area contributed by atoms with Gasteiger partial charge in [0.05, 0.1) is 17.6 Å². The first-order chi connectivity index (χ1) is 6.66.